The molecule has 0 aliphatic carbocycles. The zero-order valence-corrected chi connectivity index (χ0v) is 15.9. The number of aromatic amines is 1. The number of ether oxygens (including phenoxy) is 1. The molecule has 0 fully saturated rings. The molecule has 0 spiro atoms. The molecule has 2 heterocycles. The Bertz CT molecular complexity index is 1100. The highest BCUT2D eigenvalue weighted by atomic mass is 32.1. The van der Waals surface area contributed by atoms with E-state index in [4.69, 9.17) is 17.0 Å². The van der Waals surface area contributed by atoms with E-state index in [0.29, 0.717) is 17.2 Å². The molecule has 5 nitrogen and oxygen atoms in total. The van der Waals surface area contributed by atoms with E-state index in [9.17, 15) is 0 Å². The summed E-state index contributed by atoms with van der Waals surface area (Å²) in [5.74, 6) is 1.49. The second kappa shape index (κ2) is 8.11. The normalized spacial score (nSPS) is 11.1. The summed E-state index contributed by atoms with van der Waals surface area (Å²) >= 11 is 6.88. The molecule has 0 radical (unpaired) electrons. The predicted octanol–water partition coefficient (Wildman–Crippen LogP) is 5.13. The van der Waals surface area contributed by atoms with Crippen LogP contribution in [0.2, 0.25) is 0 Å². The van der Waals surface area contributed by atoms with E-state index in [0.717, 1.165) is 21.8 Å². The standard InChI is InChI=1S/C20H16N4OS2/c26-20-23-22-19(18-10-5-11-27-18)24(20)21-13-16-8-4-9-17(12-16)25-14-15-6-2-1-3-7-15/h1-13H,14H2,(H,23,26)/b21-13-. The van der Waals surface area contributed by atoms with Crippen molar-refractivity contribution in [3.05, 3.63) is 88.0 Å². The third-order valence-corrected chi connectivity index (χ3v) is 4.95. The minimum absolute atomic E-state index is 0.450. The van der Waals surface area contributed by atoms with Crippen molar-refractivity contribution in [2.24, 2.45) is 5.10 Å². The number of rotatable bonds is 6. The first-order valence-corrected chi connectivity index (χ1v) is 9.61. The molecule has 1 N–H and O–H groups in total. The highest BCUT2D eigenvalue weighted by Crippen LogP contribution is 2.22. The Labute approximate surface area is 165 Å². The average molecular weight is 393 g/mol. The fraction of sp³-hybridized carbons (Fsp3) is 0.0500. The number of nitrogens with zero attached hydrogens (tertiary/aromatic N) is 3. The minimum atomic E-state index is 0.450. The maximum atomic E-state index is 5.87. The predicted molar refractivity (Wildman–Crippen MR) is 111 cm³/mol. The molecular formula is C20H16N4OS2. The number of nitrogens with one attached hydrogen (secondary N) is 1. The first kappa shape index (κ1) is 17.4. The first-order chi connectivity index (χ1) is 13.3. The smallest absolute Gasteiger partial charge is 0.216 e. The van der Waals surface area contributed by atoms with Gasteiger partial charge < -0.3 is 4.74 Å². The van der Waals surface area contributed by atoms with Gasteiger partial charge in [0.05, 0.1) is 11.1 Å². The Morgan fingerprint density at radius 1 is 1.11 bits per heavy atom. The van der Waals surface area contributed by atoms with Crippen LogP contribution in [0, 0.1) is 4.77 Å². The van der Waals surface area contributed by atoms with Gasteiger partial charge in [0.2, 0.25) is 4.77 Å². The molecule has 4 rings (SSSR count). The van der Waals surface area contributed by atoms with Crippen LogP contribution in [0.25, 0.3) is 10.7 Å². The molecule has 0 aliphatic heterocycles. The monoisotopic (exact) mass is 392 g/mol. The third kappa shape index (κ3) is 4.21. The van der Waals surface area contributed by atoms with E-state index in [1.54, 1.807) is 22.2 Å². The van der Waals surface area contributed by atoms with Gasteiger partial charge in [-0.25, -0.2) is 5.10 Å². The molecule has 0 unspecified atom stereocenters. The van der Waals surface area contributed by atoms with Gasteiger partial charge in [0.15, 0.2) is 5.82 Å². The summed E-state index contributed by atoms with van der Waals surface area (Å²) in [6.45, 7) is 0.525. The number of benzene rings is 2. The van der Waals surface area contributed by atoms with Gasteiger partial charge in [0, 0.05) is 0 Å². The van der Waals surface area contributed by atoms with Crippen LogP contribution in [0.4, 0.5) is 0 Å². The Balaban J connectivity index is 1.52. The van der Waals surface area contributed by atoms with Crippen molar-refractivity contribution < 1.29 is 4.74 Å². The fourth-order valence-corrected chi connectivity index (χ4v) is 3.39. The summed E-state index contributed by atoms with van der Waals surface area (Å²) < 4.78 is 7.94. The number of hydrogen-bond acceptors (Lipinski definition) is 5. The summed E-state index contributed by atoms with van der Waals surface area (Å²) in [7, 11) is 0. The van der Waals surface area contributed by atoms with Gasteiger partial charge in [-0.1, -0.05) is 48.5 Å². The van der Waals surface area contributed by atoms with Gasteiger partial charge in [0.25, 0.3) is 0 Å². The van der Waals surface area contributed by atoms with E-state index in [1.807, 2.05) is 72.1 Å². The van der Waals surface area contributed by atoms with Crippen molar-refractivity contribution in [3.63, 3.8) is 0 Å². The number of hydrogen-bond donors (Lipinski definition) is 1. The number of H-pyrrole nitrogens is 1. The van der Waals surface area contributed by atoms with Crippen molar-refractivity contribution >= 4 is 29.8 Å². The van der Waals surface area contributed by atoms with Crippen LogP contribution >= 0.6 is 23.6 Å². The number of aromatic nitrogens is 3. The van der Waals surface area contributed by atoms with Gasteiger partial charge in [-0.05, 0) is 46.9 Å². The maximum absolute atomic E-state index is 5.87. The third-order valence-electron chi connectivity index (χ3n) is 3.82. The summed E-state index contributed by atoms with van der Waals surface area (Å²) in [6, 6.07) is 21.8. The van der Waals surface area contributed by atoms with Gasteiger partial charge >= 0.3 is 0 Å². The van der Waals surface area contributed by atoms with Crippen molar-refractivity contribution in [3.8, 4) is 16.5 Å². The van der Waals surface area contributed by atoms with E-state index >= 15 is 0 Å². The zero-order valence-electron chi connectivity index (χ0n) is 14.3. The fourth-order valence-electron chi connectivity index (χ4n) is 2.51. The van der Waals surface area contributed by atoms with E-state index in [1.165, 1.54) is 0 Å². The van der Waals surface area contributed by atoms with Crippen LogP contribution in [0.1, 0.15) is 11.1 Å². The van der Waals surface area contributed by atoms with Crippen molar-refractivity contribution in [2.75, 3.05) is 0 Å². The zero-order chi connectivity index (χ0) is 18.5. The molecule has 0 atom stereocenters. The van der Waals surface area contributed by atoms with Crippen molar-refractivity contribution in [2.45, 2.75) is 6.61 Å². The summed E-state index contributed by atoms with van der Waals surface area (Å²) in [4.78, 5) is 0.999. The lowest BCUT2D eigenvalue weighted by Crippen LogP contribution is -1.96. The molecule has 4 aromatic rings. The lowest BCUT2D eigenvalue weighted by Gasteiger charge is -2.06. The molecule has 134 valence electrons. The number of thiophene rings is 1. The Morgan fingerprint density at radius 2 is 2.00 bits per heavy atom. The van der Waals surface area contributed by atoms with Crippen molar-refractivity contribution in [1.29, 1.82) is 0 Å². The minimum Gasteiger partial charge on any atom is -0.489 e. The van der Waals surface area contributed by atoms with Crippen LogP contribution in [-0.2, 0) is 6.61 Å². The Kier molecular flexibility index (Phi) is 5.22. The Morgan fingerprint density at radius 3 is 2.81 bits per heavy atom. The van der Waals surface area contributed by atoms with E-state index < -0.39 is 0 Å². The highest BCUT2D eigenvalue weighted by molar-refractivity contribution is 7.71. The van der Waals surface area contributed by atoms with Gasteiger partial charge in [-0.15, -0.1) is 11.3 Å². The largest absolute Gasteiger partial charge is 0.489 e. The quantitative estimate of drug-likeness (QED) is 0.365. The van der Waals surface area contributed by atoms with Crippen molar-refractivity contribution in [1.82, 2.24) is 14.9 Å². The van der Waals surface area contributed by atoms with Gasteiger partial charge in [-0.3, -0.25) is 0 Å². The van der Waals surface area contributed by atoms with Crippen LogP contribution < -0.4 is 4.74 Å². The molecule has 0 bridgehead atoms. The molecule has 0 aliphatic rings. The first-order valence-electron chi connectivity index (χ1n) is 8.32. The lowest BCUT2D eigenvalue weighted by molar-refractivity contribution is 0.306. The molecule has 2 aromatic carbocycles. The van der Waals surface area contributed by atoms with Crippen LogP contribution in [0.15, 0.2) is 77.2 Å². The summed E-state index contributed by atoms with van der Waals surface area (Å²) in [5.41, 5.74) is 2.04. The molecule has 27 heavy (non-hydrogen) atoms. The Hall–Kier alpha value is -3.03. The highest BCUT2D eigenvalue weighted by Gasteiger charge is 2.08. The maximum Gasteiger partial charge on any atom is 0.216 e. The average Bonchev–Trinajstić information content (AvgIpc) is 3.36. The molecule has 0 amide bonds. The molecule has 7 heteroatoms. The lowest BCUT2D eigenvalue weighted by atomic mass is 10.2. The topological polar surface area (TPSA) is 55.2 Å². The molecule has 2 aromatic heterocycles. The van der Waals surface area contributed by atoms with Crippen LogP contribution in [-0.4, -0.2) is 21.1 Å². The van der Waals surface area contributed by atoms with Crippen LogP contribution in [0.3, 0.4) is 0 Å². The summed E-state index contributed by atoms with van der Waals surface area (Å²) in [5, 5.41) is 13.6. The van der Waals surface area contributed by atoms with Gasteiger partial charge in [0.1, 0.15) is 12.4 Å². The SMILES string of the molecule is S=c1[nH]nc(-c2cccs2)n1/N=C\c1cccc(OCc2ccccc2)c1. The van der Waals surface area contributed by atoms with Crippen LogP contribution in [0.5, 0.6) is 5.75 Å². The van der Waals surface area contributed by atoms with Gasteiger partial charge in [-0.2, -0.15) is 14.9 Å². The molecular weight excluding hydrogens is 376 g/mol. The second-order valence-electron chi connectivity index (χ2n) is 5.73. The summed E-state index contributed by atoms with van der Waals surface area (Å²) in [6.07, 6.45) is 1.75. The molecule has 0 saturated heterocycles. The molecule has 0 saturated carbocycles. The van der Waals surface area contributed by atoms with E-state index in [2.05, 4.69) is 15.3 Å². The van der Waals surface area contributed by atoms with E-state index in [-0.39, 0.29) is 0 Å². The second-order valence-corrected chi connectivity index (χ2v) is 7.07.